The van der Waals surface area contributed by atoms with Crippen molar-refractivity contribution in [2.75, 3.05) is 19.7 Å². The van der Waals surface area contributed by atoms with E-state index in [1.807, 2.05) is 24.3 Å². The number of ether oxygens (including phenoxy) is 1. The van der Waals surface area contributed by atoms with Crippen LogP contribution in [0.25, 0.3) is 0 Å². The Balaban J connectivity index is 1.20. The Morgan fingerprint density at radius 3 is 2.54 bits per heavy atom. The Bertz CT molecular complexity index is 803. The van der Waals surface area contributed by atoms with Gasteiger partial charge in [0.15, 0.2) is 0 Å². The molecule has 1 saturated heterocycles. The van der Waals surface area contributed by atoms with Gasteiger partial charge in [0.1, 0.15) is 18.3 Å². The fourth-order valence-corrected chi connectivity index (χ4v) is 4.98. The predicted octanol–water partition coefficient (Wildman–Crippen LogP) is 1.09. The monoisotopic (exact) mass is 352 g/mol. The van der Waals surface area contributed by atoms with E-state index in [0.717, 1.165) is 17.7 Å². The second-order valence-corrected chi connectivity index (χ2v) is 7.52. The van der Waals surface area contributed by atoms with Crippen molar-refractivity contribution in [1.29, 1.82) is 0 Å². The minimum absolute atomic E-state index is 0.0688. The molecule has 1 aromatic carbocycles. The fourth-order valence-electron chi connectivity index (χ4n) is 4.98. The summed E-state index contributed by atoms with van der Waals surface area (Å²) >= 11 is 0. The van der Waals surface area contributed by atoms with E-state index in [4.69, 9.17) is 4.74 Å². The maximum absolute atomic E-state index is 12.6. The summed E-state index contributed by atoms with van der Waals surface area (Å²) in [5.74, 6) is 0.217. The first-order valence-corrected chi connectivity index (χ1v) is 9.18. The maximum atomic E-state index is 12.6. The lowest BCUT2D eigenvalue weighted by Gasteiger charge is -2.18. The molecule has 1 N–H and O–H groups in total. The van der Waals surface area contributed by atoms with Crippen molar-refractivity contribution in [3.63, 3.8) is 0 Å². The normalized spacial score (nSPS) is 33.4. The lowest BCUT2D eigenvalue weighted by molar-refractivity contribution is -0.141. The molecule has 5 rings (SSSR count). The first kappa shape index (κ1) is 15.6. The van der Waals surface area contributed by atoms with E-state index >= 15 is 0 Å². The number of rotatable bonds is 4. The summed E-state index contributed by atoms with van der Waals surface area (Å²) in [7, 11) is 0. The van der Waals surface area contributed by atoms with Gasteiger partial charge in [-0.1, -0.05) is 30.4 Å². The zero-order valence-corrected chi connectivity index (χ0v) is 14.3. The lowest BCUT2D eigenvalue weighted by Crippen LogP contribution is -2.41. The van der Waals surface area contributed by atoms with Gasteiger partial charge in [-0.05, 0) is 24.3 Å². The van der Waals surface area contributed by atoms with Crippen LogP contribution in [0.4, 0.5) is 0 Å². The molecule has 6 heteroatoms. The first-order valence-electron chi connectivity index (χ1n) is 9.18. The predicted molar refractivity (Wildman–Crippen MR) is 92.1 cm³/mol. The molecule has 2 bridgehead atoms. The van der Waals surface area contributed by atoms with Gasteiger partial charge in [-0.3, -0.25) is 19.3 Å². The van der Waals surface area contributed by atoms with Gasteiger partial charge in [-0.15, -0.1) is 0 Å². The van der Waals surface area contributed by atoms with Crippen molar-refractivity contribution >= 4 is 17.7 Å². The van der Waals surface area contributed by atoms with Gasteiger partial charge in [-0.2, -0.15) is 0 Å². The van der Waals surface area contributed by atoms with Gasteiger partial charge in [-0.25, -0.2) is 0 Å². The molecule has 0 spiro atoms. The summed E-state index contributed by atoms with van der Waals surface area (Å²) in [6.45, 7) is 0.841. The molecule has 0 aromatic heterocycles. The van der Waals surface area contributed by atoms with Crippen LogP contribution in [0.1, 0.15) is 17.9 Å². The SMILES string of the molecule is O=C(NCCN1C(=O)[C@@H]2[C@H](C1=O)[C@H]1C=C[C@H]2C1)[C@H]1COc2ccccc21. The highest BCUT2D eigenvalue weighted by atomic mass is 16.5. The minimum Gasteiger partial charge on any atom is -0.492 e. The number of fused-ring (bicyclic) bond motifs is 6. The standard InChI is InChI=1S/C20H20N2O4/c23-18(14-10-26-15-4-2-1-3-13(14)15)21-7-8-22-19(24)16-11-5-6-12(9-11)17(16)20(22)25/h1-6,11-12,14,16-17H,7-10H2,(H,21,23)/t11-,12-,14-,16-,17+/m0/s1. The van der Waals surface area contributed by atoms with Crippen LogP contribution in [0, 0.1) is 23.7 Å². The Morgan fingerprint density at radius 1 is 1.12 bits per heavy atom. The van der Waals surface area contributed by atoms with Crippen LogP contribution in [0.2, 0.25) is 0 Å². The Labute approximate surface area is 151 Å². The largest absolute Gasteiger partial charge is 0.492 e. The van der Waals surface area contributed by atoms with Crippen molar-refractivity contribution in [2.45, 2.75) is 12.3 Å². The first-order chi connectivity index (χ1) is 12.6. The maximum Gasteiger partial charge on any atom is 0.233 e. The van der Waals surface area contributed by atoms with E-state index < -0.39 is 0 Å². The van der Waals surface area contributed by atoms with Crippen LogP contribution in [0.15, 0.2) is 36.4 Å². The Kier molecular flexibility index (Phi) is 3.42. The highest BCUT2D eigenvalue weighted by Gasteiger charge is 2.58. The lowest BCUT2D eigenvalue weighted by atomic mass is 9.85. The molecule has 0 radical (unpaired) electrons. The molecule has 6 nitrogen and oxygen atoms in total. The number of nitrogens with zero attached hydrogens (tertiary/aromatic N) is 1. The zero-order valence-electron chi connectivity index (χ0n) is 14.3. The number of likely N-dealkylation sites (tertiary alicyclic amines) is 1. The quantitative estimate of drug-likeness (QED) is 0.650. The van der Waals surface area contributed by atoms with Crippen molar-refractivity contribution in [3.05, 3.63) is 42.0 Å². The Hall–Kier alpha value is -2.63. The molecule has 2 heterocycles. The van der Waals surface area contributed by atoms with E-state index in [-0.39, 0.29) is 60.4 Å². The van der Waals surface area contributed by atoms with Crippen molar-refractivity contribution in [3.8, 4) is 5.75 Å². The molecular weight excluding hydrogens is 332 g/mol. The number of hydrogen-bond donors (Lipinski definition) is 1. The van der Waals surface area contributed by atoms with Crippen LogP contribution in [-0.2, 0) is 14.4 Å². The summed E-state index contributed by atoms with van der Waals surface area (Å²) in [6, 6.07) is 7.51. The van der Waals surface area contributed by atoms with Crippen LogP contribution in [-0.4, -0.2) is 42.3 Å². The van der Waals surface area contributed by atoms with Crippen LogP contribution >= 0.6 is 0 Å². The van der Waals surface area contributed by atoms with E-state index in [2.05, 4.69) is 17.5 Å². The van der Waals surface area contributed by atoms with Gasteiger partial charge in [0, 0.05) is 18.7 Å². The van der Waals surface area contributed by atoms with Crippen molar-refractivity contribution < 1.29 is 19.1 Å². The summed E-state index contributed by atoms with van der Waals surface area (Å²) in [4.78, 5) is 39.1. The molecule has 2 aliphatic heterocycles. The van der Waals surface area contributed by atoms with E-state index in [1.165, 1.54) is 4.90 Å². The van der Waals surface area contributed by atoms with Gasteiger partial charge >= 0.3 is 0 Å². The minimum atomic E-state index is -0.337. The Morgan fingerprint density at radius 2 is 1.81 bits per heavy atom. The second-order valence-electron chi connectivity index (χ2n) is 7.52. The van der Waals surface area contributed by atoms with Crippen molar-refractivity contribution in [2.24, 2.45) is 23.7 Å². The summed E-state index contributed by atoms with van der Waals surface area (Å²) < 4.78 is 5.54. The zero-order chi connectivity index (χ0) is 17.8. The smallest absolute Gasteiger partial charge is 0.233 e. The highest BCUT2D eigenvalue weighted by Crippen LogP contribution is 2.52. The number of imide groups is 1. The van der Waals surface area contributed by atoms with Crippen LogP contribution < -0.4 is 10.1 Å². The molecule has 4 aliphatic rings. The molecule has 3 amide bonds. The molecule has 0 unspecified atom stereocenters. The number of nitrogens with one attached hydrogen (secondary N) is 1. The second kappa shape index (κ2) is 5.69. The molecule has 1 aromatic rings. The molecule has 1 saturated carbocycles. The molecule has 2 fully saturated rings. The number of hydrogen-bond acceptors (Lipinski definition) is 4. The summed E-state index contributed by atoms with van der Waals surface area (Å²) in [5.41, 5.74) is 0.885. The third-order valence-corrected chi connectivity index (χ3v) is 6.21. The summed E-state index contributed by atoms with van der Waals surface area (Å²) in [6.07, 6.45) is 5.10. The average Bonchev–Trinajstić information content (AvgIpc) is 3.40. The summed E-state index contributed by atoms with van der Waals surface area (Å²) in [5, 5.41) is 2.86. The number of carbonyl (C=O) groups excluding carboxylic acids is 3. The third-order valence-electron chi connectivity index (χ3n) is 6.21. The third kappa shape index (κ3) is 2.14. The number of amides is 3. The molecule has 26 heavy (non-hydrogen) atoms. The van der Waals surface area contributed by atoms with Crippen LogP contribution in [0.5, 0.6) is 5.75 Å². The van der Waals surface area contributed by atoms with Crippen molar-refractivity contribution in [1.82, 2.24) is 10.2 Å². The van der Waals surface area contributed by atoms with E-state index in [0.29, 0.717) is 6.61 Å². The highest BCUT2D eigenvalue weighted by molar-refractivity contribution is 6.06. The van der Waals surface area contributed by atoms with E-state index in [9.17, 15) is 14.4 Å². The van der Waals surface area contributed by atoms with Gasteiger partial charge in [0.2, 0.25) is 17.7 Å². The van der Waals surface area contributed by atoms with E-state index in [1.54, 1.807) is 0 Å². The number of allylic oxidation sites excluding steroid dienone is 2. The molecular formula is C20H20N2O4. The number of benzene rings is 1. The van der Waals surface area contributed by atoms with Gasteiger partial charge < -0.3 is 10.1 Å². The van der Waals surface area contributed by atoms with Gasteiger partial charge in [0.25, 0.3) is 0 Å². The number of carbonyl (C=O) groups is 3. The number of para-hydroxylation sites is 1. The molecule has 2 aliphatic carbocycles. The molecule has 5 atom stereocenters. The van der Waals surface area contributed by atoms with Crippen LogP contribution in [0.3, 0.4) is 0 Å². The topological polar surface area (TPSA) is 75.7 Å². The fraction of sp³-hybridized carbons (Fsp3) is 0.450. The van der Waals surface area contributed by atoms with Gasteiger partial charge in [0.05, 0.1) is 11.8 Å². The average molecular weight is 352 g/mol. The molecule has 134 valence electrons.